The predicted octanol–water partition coefficient (Wildman–Crippen LogP) is 4.34. The van der Waals surface area contributed by atoms with Crippen LogP contribution in [-0.2, 0) is 6.18 Å². The number of hydrogen-bond acceptors (Lipinski definition) is 5. The number of carbonyl (C=O) groups is 2. The normalized spacial score (nSPS) is 11.4. The molecule has 0 unspecified atom stereocenters. The summed E-state index contributed by atoms with van der Waals surface area (Å²) in [7, 11) is 0. The zero-order valence-electron chi connectivity index (χ0n) is 16.6. The second-order valence-electron chi connectivity index (χ2n) is 6.86. The van der Waals surface area contributed by atoms with Gasteiger partial charge in [-0.25, -0.2) is 19.1 Å². The van der Waals surface area contributed by atoms with Gasteiger partial charge in [0.2, 0.25) is 0 Å². The van der Waals surface area contributed by atoms with Crippen LogP contribution >= 0.6 is 0 Å². The topological polar surface area (TPSA) is 135 Å². The molecular formula is C21H15F3N6O3. The van der Waals surface area contributed by atoms with E-state index in [-0.39, 0.29) is 28.3 Å². The average molecular weight is 456 g/mol. The number of fused-ring (bicyclic) bond motifs is 1. The third kappa shape index (κ3) is 4.26. The van der Waals surface area contributed by atoms with Gasteiger partial charge in [0.1, 0.15) is 11.8 Å². The summed E-state index contributed by atoms with van der Waals surface area (Å²) in [5.41, 5.74) is 5.82. The van der Waals surface area contributed by atoms with E-state index in [9.17, 15) is 27.9 Å². The lowest BCUT2D eigenvalue weighted by Crippen LogP contribution is -2.21. The van der Waals surface area contributed by atoms with Gasteiger partial charge in [0.05, 0.1) is 16.8 Å². The Morgan fingerprint density at radius 2 is 1.73 bits per heavy atom. The number of carboxylic acid groups (broad SMARTS) is 1. The van der Waals surface area contributed by atoms with Gasteiger partial charge in [-0.1, -0.05) is 24.3 Å². The quantitative estimate of drug-likeness (QED) is 0.361. The molecule has 168 valence electrons. The molecule has 2 heterocycles. The van der Waals surface area contributed by atoms with E-state index < -0.39 is 23.7 Å². The van der Waals surface area contributed by atoms with Gasteiger partial charge < -0.3 is 21.5 Å². The molecule has 9 nitrogen and oxygen atoms in total. The van der Waals surface area contributed by atoms with Crippen LogP contribution in [0.4, 0.5) is 35.2 Å². The summed E-state index contributed by atoms with van der Waals surface area (Å²) in [4.78, 5) is 27.8. The smallest absolute Gasteiger partial charge is 0.418 e. The standard InChI is InChI=1S/C21H15F3N6O3/c22-21(23,24)14-3-1-2-4-15(14)29-20(33)28-12-7-5-11(6-8-12)16-13(19(31)32)9-30-17(16)18(25)26-10-27-30/h1-10H,(H,31,32)(H2,25,26,27)(H2,28,29,33). The highest BCUT2D eigenvalue weighted by Crippen LogP contribution is 2.35. The molecule has 4 aromatic rings. The van der Waals surface area contributed by atoms with Crippen LogP contribution in [0.15, 0.2) is 61.1 Å². The number of aromatic nitrogens is 3. The van der Waals surface area contributed by atoms with E-state index in [0.717, 1.165) is 12.1 Å². The summed E-state index contributed by atoms with van der Waals surface area (Å²) in [6.45, 7) is 0. The number of nitrogen functional groups attached to an aromatic ring is 1. The number of alkyl halides is 3. The number of amides is 2. The highest BCUT2D eigenvalue weighted by molar-refractivity contribution is 6.04. The summed E-state index contributed by atoms with van der Waals surface area (Å²) < 4.78 is 40.6. The van der Waals surface area contributed by atoms with E-state index in [1.807, 2.05) is 0 Å². The van der Waals surface area contributed by atoms with Gasteiger partial charge in [0.25, 0.3) is 0 Å². The van der Waals surface area contributed by atoms with Gasteiger partial charge in [-0.15, -0.1) is 0 Å². The predicted molar refractivity (Wildman–Crippen MR) is 114 cm³/mol. The number of para-hydroxylation sites is 1. The Balaban J connectivity index is 1.59. The molecule has 2 aromatic carbocycles. The molecule has 4 rings (SSSR count). The minimum atomic E-state index is -4.63. The maximum atomic E-state index is 13.1. The monoisotopic (exact) mass is 456 g/mol. The molecule has 0 bridgehead atoms. The number of carboxylic acids is 1. The van der Waals surface area contributed by atoms with Crippen LogP contribution in [0, 0.1) is 0 Å². The van der Waals surface area contributed by atoms with Gasteiger partial charge in [-0.2, -0.15) is 18.3 Å². The highest BCUT2D eigenvalue weighted by atomic mass is 19.4. The lowest BCUT2D eigenvalue weighted by molar-refractivity contribution is -0.136. The zero-order chi connectivity index (χ0) is 23.8. The van der Waals surface area contributed by atoms with Crippen LogP contribution in [0.25, 0.3) is 16.6 Å². The molecule has 2 aromatic heterocycles. The maximum absolute atomic E-state index is 13.1. The number of nitrogens with two attached hydrogens (primary N) is 1. The van der Waals surface area contributed by atoms with Crippen molar-refractivity contribution in [1.82, 2.24) is 14.6 Å². The summed E-state index contributed by atoms with van der Waals surface area (Å²) in [6, 6.07) is 9.74. The van der Waals surface area contributed by atoms with Crippen molar-refractivity contribution in [2.45, 2.75) is 6.18 Å². The average Bonchev–Trinajstić information content (AvgIpc) is 3.15. The Hall–Kier alpha value is -4.61. The molecule has 0 saturated carbocycles. The lowest BCUT2D eigenvalue weighted by atomic mass is 10.0. The fraction of sp³-hybridized carbons (Fsp3) is 0.0476. The summed E-state index contributed by atoms with van der Waals surface area (Å²) in [5, 5.41) is 18.2. The van der Waals surface area contributed by atoms with Crippen molar-refractivity contribution in [2.75, 3.05) is 16.4 Å². The number of nitrogens with one attached hydrogen (secondary N) is 2. The van der Waals surface area contributed by atoms with E-state index in [4.69, 9.17) is 5.73 Å². The Morgan fingerprint density at radius 1 is 1.03 bits per heavy atom. The summed E-state index contributed by atoms with van der Waals surface area (Å²) in [6.07, 6.45) is -2.12. The Morgan fingerprint density at radius 3 is 2.39 bits per heavy atom. The molecule has 0 aliphatic heterocycles. The molecule has 0 aliphatic carbocycles. The molecule has 5 N–H and O–H groups in total. The molecule has 0 spiro atoms. The van der Waals surface area contributed by atoms with Gasteiger partial charge in [0.15, 0.2) is 5.82 Å². The molecule has 0 radical (unpaired) electrons. The molecule has 0 fully saturated rings. The first-order valence-electron chi connectivity index (χ1n) is 9.35. The number of aromatic carboxylic acids is 1. The molecule has 0 saturated heterocycles. The van der Waals surface area contributed by atoms with Crippen molar-refractivity contribution >= 4 is 34.7 Å². The van der Waals surface area contributed by atoms with Gasteiger partial charge in [-0.3, -0.25) is 0 Å². The number of benzene rings is 2. The first-order chi connectivity index (χ1) is 15.6. The van der Waals surface area contributed by atoms with Crippen molar-refractivity contribution in [1.29, 1.82) is 0 Å². The second-order valence-corrected chi connectivity index (χ2v) is 6.86. The number of halogens is 3. The fourth-order valence-corrected chi connectivity index (χ4v) is 3.33. The van der Waals surface area contributed by atoms with Crippen LogP contribution in [0.3, 0.4) is 0 Å². The SMILES string of the molecule is Nc1ncnn2cc(C(=O)O)c(-c3ccc(NC(=O)Nc4ccccc4C(F)(F)F)cc3)c12. The second kappa shape index (κ2) is 8.15. The first-order valence-corrected chi connectivity index (χ1v) is 9.35. The number of urea groups is 1. The van der Waals surface area contributed by atoms with Crippen LogP contribution in [-0.4, -0.2) is 31.7 Å². The largest absolute Gasteiger partial charge is 0.478 e. The number of anilines is 3. The van der Waals surface area contributed by atoms with Crippen LogP contribution in [0.2, 0.25) is 0 Å². The molecule has 33 heavy (non-hydrogen) atoms. The lowest BCUT2D eigenvalue weighted by Gasteiger charge is -2.14. The van der Waals surface area contributed by atoms with Crippen molar-refractivity contribution in [3.8, 4) is 11.1 Å². The number of rotatable bonds is 4. The van der Waals surface area contributed by atoms with E-state index >= 15 is 0 Å². The zero-order valence-corrected chi connectivity index (χ0v) is 16.6. The van der Waals surface area contributed by atoms with Crippen LogP contribution in [0.5, 0.6) is 0 Å². The molecule has 12 heteroatoms. The van der Waals surface area contributed by atoms with Crippen molar-refractivity contribution in [3.05, 3.63) is 72.2 Å². The minimum Gasteiger partial charge on any atom is -0.478 e. The number of carbonyl (C=O) groups excluding carboxylic acids is 1. The molecule has 0 atom stereocenters. The third-order valence-electron chi connectivity index (χ3n) is 4.74. The van der Waals surface area contributed by atoms with E-state index in [1.54, 1.807) is 0 Å². The minimum absolute atomic E-state index is 0.0515. The van der Waals surface area contributed by atoms with E-state index in [1.165, 1.54) is 53.4 Å². The Bertz CT molecular complexity index is 1370. The van der Waals surface area contributed by atoms with E-state index in [2.05, 4.69) is 20.7 Å². The fourth-order valence-electron chi connectivity index (χ4n) is 3.33. The third-order valence-corrected chi connectivity index (χ3v) is 4.74. The van der Waals surface area contributed by atoms with Crippen LogP contribution in [0.1, 0.15) is 15.9 Å². The Kier molecular flexibility index (Phi) is 5.34. The number of nitrogens with zero attached hydrogens (tertiary/aromatic N) is 3. The highest BCUT2D eigenvalue weighted by Gasteiger charge is 2.33. The molecule has 2 amide bonds. The van der Waals surface area contributed by atoms with Crippen molar-refractivity contribution in [2.24, 2.45) is 0 Å². The molecule has 0 aliphatic rings. The molecular weight excluding hydrogens is 441 g/mol. The Labute approximate surface area is 183 Å². The van der Waals surface area contributed by atoms with E-state index in [0.29, 0.717) is 11.1 Å². The van der Waals surface area contributed by atoms with Crippen molar-refractivity contribution in [3.63, 3.8) is 0 Å². The number of hydrogen-bond donors (Lipinski definition) is 4. The van der Waals surface area contributed by atoms with Gasteiger partial charge in [-0.05, 0) is 29.8 Å². The maximum Gasteiger partial charge on any atom is 0.418 e. The van der Waals surface area contributed by atoms with Gasteiger partial charge >= 0.3 is 18.2 Å². The van der Waals surface area contributed by atoms with Crippen molar-refractivity contribution < 1.29 is 27.9 Å². The first kappa shape index (κ1) is 21.6. The van der Waals surface area contributed by atoms with Crippen LogP contribution < -0.4 is 16.4 Å². The summed E-state index contributed by atoms with van der Waals surface area (Å²) in [5.74, 6) is -1.11. The summed E-state index contributed by atoms with van der Waals surface area (Å²) >= 11 is 0. The van der Waals surface area contributed by atoms with Gasteiger partial charge in [0, 0.05) is 17.4 Å².